The first-order valence-electron chi connectivity index (χ1n) is 11.0. The van der Waals surface area contributed by atoms with Gasteiger partial charge in [-0.1, -0.05) is 13.0 Å². The van der Waals surface area contributed by atoms with E-state index in [1.807, 2.05) is 13.0 Å². The molecule has 3 aromatic rings. The summed E-state index contributed by atoms with van der Waals surface area (Å²) in [4.78, 5) is 12.3. The fourth-order valence-electron chi connectivity index (χ4n) is 4.53. The summed E-state index contributed by atoms with van der Waals surface area (Å²) in [6.07, 6.45) is 3.03. The number of H-pyrrole nitrogens is 1. The van der Waals surface area contributed by atoms with E-state index in [0.717, 1.165) is 23.9 Å². The highest BCUT2D eigenvalue weighted by molar-refractivity contribution is 5.75. The van der Waals surface area contributed by atoms with Crippen molar-refractivity contribution in [1.29, 1.82) is 0 Å². The van der Waals surface area contributed by atoms with E-state index in [4.69, 9.17) is 14.2 Å². The van der Waals surface area contributed by atoms with Gasteiger partial charge in [0, 0.05) is 12.0 Å². The Bertz CT molecular complexity index is 1120. The summed E-state index contributed by atoms with van der Waals surface area (Å²) in [5, 5.41) is 3.15. The van der Waals surface area contributed by atoms with Crippen LogP contribution < -0.4 is 10.1 Å². The second-order valence-corrected chi connectivity index (χ2v) is 8.28. The van der Waals surface area contributed by atoms with Crippen LogP contribution in [0.5, 0.6) is 6.01 Å². The van der Waals surface area contributed by atoms with E-state index >= 15 is 0 Å². The number of ether oxygens (including phenoxy) is 3. The summed E-state index contributed by atoms with van der Waals surface area (Å²) in [5.41, 5.74) is 2.03. The molecular weight excluding hydrogens is 418 g/mol. The minimum Gasteiger partial charge on any atom is -0.429 e. The van der Waals surface area contributed by atoms with Crippen molar-refractivity contribution in [2.24, 2.45) is 0 Å². The number of hydrogen-bond donors (Lipinski definition) is 2. The molecular formula is C23H26F2N4O3. The zero-order chi connectivity index (χ0) is 22.3. The topological polar surface area (TPSA) is 81.3 Å². The molecule has 0 unspecified atom stereocenters. The average molecular weight is 444 g/mol. The van der Waals surface area contributed by atoms with Crippen molar-refractivity contribution in [3.05, 3.63) is 47.0 Å². The zero-order valence-corrected chi connectivity index (χ0v) is 18.1. The van der Waals surface area contributed by atoms with E-state index in [2.05, 4.69) is 20.3 Å². The van der Waals surface area contributed by atoms with Crippen molar-refractivity contribution in [3.8, 4) is 6.01 Å². The van der Waals surface area contributed by atoms with Crippen LogP contribution in [0.2, 0.25) is 0 Å². The molecule has 2 N–H and O–H groups in total. The average Bonchev–Trinajstić information content (AvgIpc) is 3.35. The first kappa shape index (κ1) is 21.1. The maximum Gasteiger partial charge on any atom is 0.298 e. The molecule has 0 amide bonds. The second-order valence-electron chi connectivity index (χ2n) is 8.28. The molecule has 0 saturated carbocycles. The van der Waals surface area contributed by atoms with Gasteiger partial charge >= 0.3 is 0 Å². The SMILES string of the molecule is CCc1cc2[nH]c(O[C@@]34CCO[C@@H]3CCCO4)nc2nc1N[C@@H](C)c1c(F)cccc1F. The van der Waals surface area contributed by atoms with Gasteiger partial charge in [0.25, 0.3) is 6.01 Å². The summed E-state index contributed by atoms with van der Waals surface area (Å²) >= 11 is 0. The third-order valence-corrected chi connectivity index (χ3v) is 6.18. The lowest BCUT2D eigenvalue weighted by Gasteiger charge is -2.36. The number of rotatable bonds is 6. The van der Waals surface area contributed by atoms with E-state index in [0.29, 0.717) is 43.5 Å². The Kier molecular flexibility index (Phi) is 5.46. The highest BCUT2D eigenvalue weighted by Gasteiger charge is 2.50. The van der Waals surface area contributed by atoms with Gasteiger partial charge in [-0.3, -0.25) is 0 Å². The fourth-order valence-corrected chi connectivity index (χ4v) is 4.53. The van der Waals surface area contributed by atoms with Crippen molar-refractivity contribution in [3.63, 3.8) is 0 Å². The molecule has 0 aliphatic carbocycles. The van der Waals surface area contributed by atoms with Gasteiger partial charge < -0.3 is 24.5 Å². The first-order chi connectivity index (χ1) is 15.5. The van der Waals surface area contributed by atoms with Gasteiger partial charge in [-0.2, -0.15) is 4.98 Å². The minimum absolute atomic E-state index is 0.0247. The van der Waals surface area contributed by atoms with Gasteiger partial charge in [0.2, 0.25) is 5.79 Å². The molecule has 32 heavy (non-hydrogen) atoms. The Balaban J connectivity index is 1.43. The van der Waals surface area contributed by atoms with E-state index in [-0.39, 0.29) is 11.7 Å². The molecule has 1 aromatic carbocycles. The standard InChI is InChI=1S/C23H26F2N4O3/c1-3-14-12-17-21(28-20(14)26-13(2)19-15(24)6-4-7-16(19)25)29-22(27-17)32-23-9-11-30-18(23)8-5-10-31-23/h4,6-7,12-13,18H,3,5,8-11H2,1-2H3,(H2,26,27,28,29)/t13-,18+,23-/m0/s1. The van der Waals surface area contributed by atoms with Crippen LogP contribution in [0.4, 0.5) is 14.6 Å². The highest BCUT2D eigenvalue weighted by Crippen LogP contribution is 2.38. The van der Waals surface area contributed by atoms with Gasteiger partial charge in [-0.05, 0) is 49.9 Å². The molecule has 2 aliphatic rings. The molecule has 3 atom stereocenters. The van der Waals surface area contributed by atoms with Crippen LogP contribution in [0.15, 0.2) is 24.3 Å². The minimum atomic E-state index is -0.822. The summed E-state index contributed by atoms with van der Waals surface area (Å²) in [6.45, 7) is 4.90. The number of aromatic nitrogens is 3. The summed E-state index contributed by atoms with van der Waals surface area (Å²) in [6, 6.07) is 5.47. The third kappa shape index (κ3) is 3.69. The van der Waals surface area contributed by atoms with E-state index < -0.39 is 23.5 Å². The second kappa shape index (κ2) is 8.29. The molecule has 2 aromatic heterocycles. The molecule has 0 spiro atoms. The largest absolute Gasteiger partial charge is 0.429 e. The number of aromatic amines is 1. The summed E-state index contributed by atoms with van der Waals surface area (Å²) in [7, 11) is 0. The Morgan fingerprint density at radius 2 is 2.09 bits per heavy atom. The Hall–Kier alpha value is -2.78. The molecule has 2 saturated heterocycles. The summed E-state index contributed by atoms with van der Waals surface area (Å²) in [5.74, 6) is -1.49. The van der Waals surface area contributed by atoms with Crippen LogP contribution in [0, 0.1) is 11.6 Å². The van der Waals surface area contributed by atoms with Crippen molar-refractivity contribution >= 4 is 17.0 Å². The maximum absolute atomic E-state index is 14.2. The number of aryl methyl sites for hydroxylation is 1. The van der Waals surface area contributed by atoms with Gasteiger partial charge in [0.15, 0.2) is 5.65 Å². The van der Waals surface area contributed by atoms with E-state index in [1.165, 1.54) is 18.2 Å². The van der Waals surface area contributed by atoms with Crippen LogP contribution in [0.25, 0.3) is 11.2 Å². The lowest BCUT2D eigenvalue weighted by atomic mass is 10.0. The highest BCUT2D eigenvalue weighted by atomic mass is 19.1. The van der Waals surface area contributed by atoms with Crippen molar-refractivity contribution in [2.75, 3.05) is 18.5 Å². The Morgan fingerprint density at radius 1 is 1.28 bits per heavy atom. The van der Waals surface area contributed by atoms with E-state index in [1.54, 1.807) is 6.92 Å². The number of hydrogen-bond acceptors (Lipinski definition) is 6. The predicted molar refractivity (Wildman–Crippen MR) is 115 cm³/mol. The van der Waals surface area contributed by atoms with Gasteiger partial charge in [0.1, 0.15) is 23.6 Å². The molecule has 7 nitrogen and oxygen atoms in total. The number of anilines is 1. The number of benzene rings is 1. The number of pyridine rings is 1. The smallest absolute Gasteiger partial charge is 0.298 e. The number of imidazole rings is 1. The lowest BCUT2D eigenvalue weighted by molar-refractivity contribution is -0.234. The lowest BCUT2D eigenvalue weighted by Crippen LogP contribution is -2.50. The molecule has 4 heterocycles. The third-order valence-electron chi connectivity index (χ3n) is 6.18. The van der Waals surface area contributed by atoms with Crippen LogP contribution >= 0.6 is 0 Å². The molecule has 0 bridgehead atoms. The first-order valence-corrected chi connectivity index (χ1v) is 11.0. The van der Waals surface area contributed by atoms with Crippen molar-refractivity contribution in [2.45, 2.75) is 57.5 Å². The Morgan fingerprint density at radius 3 is 2.88 bits per heavy atom. The van der Waals surface area contributed by atoms with E-state index in [9.17, 15) is 8.78 Å². The number of halogens is 2. The molecule has 170 valence electrons. The number of nitrogens with one attached hydrogen (secondary N) is 2. The molecule has 0 radical (unpaired) electrons. The normalized spacial score (nSPS) is 23.8. The van der Waals surface area contributed by atoms with Crippen molar-refractivity contribution in [1.82, 2.24) is 15.0 Å². The fraction of sp³-hybridized carbons (Fsp3) is 0.478. The number of fused-ring (bicyclic) bond motifs is 2. The van der Waals surface area contributed by atoms with Crippen LogP contribution in [-0.4, -0.2) is 40.1 Å². The molecule has 2 aliphatic heterocycles. The van der Waals surface area contributed by atoms with Gasteiger partial charge in [-0.25, -0.2) is 13.8 Å². The van der Waals surface area contributed by atoms with Crippen LogP contribution in [0.3, 0.4) is 0 Å². The molecule has 2 fully saturated rings. The van der Waals surface area contributed by atoms with Gasteiger partial charge in [0.05, 0.1) is 24.8 Å². The van der Waals surface area contributed by atoms with Crippen LogP contribution in [-0.2, 0) is 15.9 Å². The van der Waals surface area contributed by atoms with Crippen LogP contribution in [0.1, 0.15) is 50.3 Å². The van der Waals surface area contributed by atoms with Crippen molar-refractivity contribution < 1.29 is 23.0 Å². The molecule has 9 heteroatoms. The Labute approximate surface area is 184 Å². The van der Waals surface area contributed by atoms with Gasteiger partial charge in [-0.15, -0.1) is 0 Å². The monoisotopic (exact) mass is 444 g/mol. The zero-order valence-electron chi connectivity index (χ0n) is 18.1. The molecule has 5 rings (SSSR count). The quantitative estimate of drug-likeness (QED) is 0.576. The maximum atomic E-state index is 14.2. The number of nitrogens with zero attached hydrogens (tertiary/aromatic N) is 2. The summed E-state index contributed by atoms with van der Waals surface area (Å²) < 4.78 is 46.4. The predicted octanol–water partition coefficient (Wildman–Crippen LogP) is 4.65.